The molecule has 0 bridgehead atoms. The van der Waals surface area contributed by atoms with Crippen LogP contribution in [0.5, 0.6) is 0 Å². The highest BCUT2D eigenvalue weighted by Crippen LogP contribution is 2.49. The predicted molar refractivity (Wildman–Crippen MR) is 232 cm³/mol. The van der Waals surface area contributed by atoms with Gasteiger partial charge in [0.25, 0.3) is 6.71 Å². The van der Waals surface area contributed by atoms with Crippen molar-refractivity contribution in [3.8, 4) is 0 Å². The van der Waals surface area contributed by atoms with E-state index in [4.69, 9.17) is 0 Å². The van der Waals surface area contributed by atoms with Gasteiger partial charge in [0.2, 0.25) is 0 Å². The third-order valence-electron chi connectivity index (χ3n) is 11.4. The van der Waals surface area contributed by atoms with E-state index in [0.717, 1.165) is 79.5 Å². The Morgan fingerprint density at radius 2 is 0.828 bits per heavy atom. The van der Waals surface area contributed by atoms with E-state index >= 15 is 8.78 Å². The lowest BCUT2D eigenvalue weighted by molar-refractivity contribution is 0.509. The lowest BCUT2D eigenvalue weighted by Gasteiger charge is -2.45. The molecule has 288 valence electrons. The molecular weight excluding hydrogens is 729 g/mol. The van der Waals surface area contributed by atoms with Crippen molar-refractivity contribution in [2.24, 2.45) is 0 Å². The highest BCUT2D eigenvalue weighted by Gasteiger charge is 2.45. The first-order valence-electron chi connectivity index (χ1n) is 19.6. The van der Waals surface area contributed by atoms with Crippen molar-refractivity contribution in [2.75, 3.05) is 14.7 Å². The van der Waals surface area contributed by atoms with Gasteiger partial charge in [0, 0.05) is 57.6 Å². The molecule has 2 aliphatic rings. The number of para-hydroxylation sites is 2. The molecule has 58 heavy (non-hydrogen) atoms. The van der Waals surface area contributed by atoms with E-state index in [1.54, 1.807) is 12.1 Å². The Hall–Kier alpha value is -6.28. The zero-order valence-electron chi connectivity index (χ0n) is 33.3. The van der Waals surface area contributed by atoms with Crippen molar-refractivity contribution < 1.29 is 17.6 Å². The molecule has 7 aromatic carbocycles. The molecule has 7 aromatic rings. The first kappa shape index (κ1) is 37.3. The molecule has 0 spiro atoms. The summed E-state index contributed by atoms with van der Waals surface area (Å²) < 4.78 is 60.3. The van der Waals surface area contributed by atoms with Gasteiger partial charge < -0.3 is 14.7 Å². The first-order chi connectivity index (χ1) is 27.7. The number of rotatable bonds is 5. The Kier molecular flexibility index (Phi) is 8.80. The number of anilines is 9. The van der Waals surface area contributed by atoms with Crippen LogP contribution in [0.3, 0.4) is 0 Å². The van der Waals surface area contributed by atoms with Gasteiger partial charge in [0.15, 0.2) is 23.3 Å². The van der Waals surface area contributed by atoms with Gasteiger partial charge in [-0.25, -0.2) is 17.6 Å². The average Bonchev–Trinajstić information content (AvgIpc) is 3.20. The summed E-state index contributed by atoms with van der Waals surface area (Å²) in [5, 5.41) is 0. The van der Waals surface area contributed by atoms with Gasteiger partial charge in [-0.1, -0.05) is 102 Å². The molecule has 2 heterocycles. The normalized spacial score (nSPS) is 13.2. The second kappa shape index (κ2) is 13.7. The zero-order chi connectivity index (χ0) is 40.7. The lowest BCUT2D eigenvalue weighted by atomic mass is 9.33. The minimum Gasteiger partial charge on any atom is -0.311 e. The van der Waals surface area contributed by atoms with E-state index in [2.05, 4.69) is 95.0 Å². The summed E-state index contributed by atoms with van der Waals surface area (Å²) in [6, 6.07) is 45.1. The molecule has 2 aliphatic heterocycles. The Balaban J connectivity index is 1.45. The van der Waals surface area contributed by atoms with E-state index in [0.29, 0.717) is 11.4 Å². The Morgan fingerprint density at radius 3 is 1.21 bits per heavy atom. The summed E-state index contributed by atoms with van der Waals surface area (Å²) >= 11 is 0. The van der Waals surface area contributed by atoms with E-state index < -0.39 is 23.3 Å². The van der Waals surface area contributed by atoms with Gasteiger partial charge in [0.1, 0.15) is 0 Å². The molecule has 0 fully saturated rings. The van der Waals surface area contributed by atoms with E-state index in [1.165, 1.54) is 12.1 Å². The van der Waals surface area contributed by atoms with Crippen LogP contribution in [0, 0.1) is 23.3 Å². The predicted octanol–water partition coefficient (Wildman–Crippen LogP) is 12.4. The van der Waals surface area contributed by atoms with Crippen molar-refractivity contribution in [2.45, 2.75) is 52.4 Å². The van der Waals surface area contributed by atoms with Gasteiger partial charge >= 0.3 is 0 Å². The number of benzene rings is 7. The molecule has 3 nitrogen and oxygen atoms in total. The minimum absolute atomic E-state index is 0.205. The van der Waals surface area contributed by atoms with Crippen LogP contribution in [0.2, 0.25) is 0 Å². The Labute approximate surface area is 337 Å². The van der Waals surface area contributed by atoms with E-state index in [1.807, 2.05) is 70.5 Å². The van der Waals surface area contributed by atoms with Crippen LogP contribution in [0.1, 0.15) is 52.7 Å². The molecular formula is C50H42BF4N3. The fourth-order valence-corrected chi connectivity index (χ4v) is 8.46. The first-order valence-corrected chi connectivity index (χ1v) is 19.6. The van der Waals surface area contributed by atoms with Crippen molar-refractivity contribution in [1.82, 2.24) is 0 Å². The van der Waals surface area contributed by atoms with Crippen LogP contribution >= 0.6 is 0 Å². The SMILES string of the molecule is CC(C)(C)c1ccc2c(c1)B1c3cc(C(C)(C)C)ccc3N(c3ccc(F)c(F)c3)c3cc(N(c4ccccc4)c4ccccc4)cc(c31)N2c1ccc(F)c(F)c1. The second-order valence-electron chi connectivity index (χ2n) is 17.3. The van der Waals surface area contributed by atoms with Crippen molar-refractivity contribution in [1.29, 1.82) is 0 Å². The van der Waals surface area contributed by atoms with Crippen LogP contribution in [0.15, 0.2) is 146 Å². The van der Waals surface area contributed by atoms with Crippen LogP contribution in [-0.2, 0) is 10.8 Å². The molecule has 0 atom stereocenters. The molecule has 0 radical (unpaired) electrons. The van der Waals surface area contributed by atoms with Gasteiger partial charge in [-0.15, -0.1) is 0 Å². The summed E-state index contributed by atoms with van der Waals surface area (Å²) in [5.74, 6) is -3.80. The smallest absolute Gasteiger partial charge is 0.252 e. The maximum Gasteiger partial charge on any atom is 0.252 e. The summed E-state index contributed by atoms with van der Waals surface area (Å²) in [6.07, 6.45) is 0. The number of nitrogens with zero attached hydrogens (tertiary/aromatic N) is 3. The van der Waals surface area contributed by atoms with Crippen molar-refractivity contribution in [3.05, 3.63) is 180 Å². The number of hydrogen-bond donors (Lipinski definition) is 0. The highest BCUT2D eigenvalue weighted by molar-refractivity contribution is 7.00. The van der Waals surface area contributed by atoms with Crippen molar-refractivity contribution >= 4 is 74.3 Å². The van der Waals surface area contributed by atoms with Crippen LogP contribution in [0.4, 0.5) is 68.7 Å². The fourth-order valence-electron chi connectivity index (χ4n) is 8.46. The summed E-state index contributed by atoms with van der Waals surface area (Å²) in [4.78, 5) is 6.17. The standard InChI is InChI=1S/C50H42BF4N3/c1-49(2,3)31-17-23-44-38(25-31)51-39-26-32(50(4,5)6)18-24-45(39)58(36-20-22-41(53)43(55)28-36)47-30-37(56(33-13-9-7-10-14-33)34-15-11-8-12-16-34)29-46(48(47)51)57(44)35-19-21-40(52)42(54)27-35/h7-30H,1-6H3. The van der Waals surface area contributed by atoms with Gasteiger partial charge in [0.05, 0.1) is 5.69 Å². The third-order valence-corrected chi connectivity index (χ3v) is 11.4. The van der Waals surface area contributed by atoms with Crippen molar-refractivity contribution in [3.63, 3.8) is 0 Å². The topological polar surface area (TPSA) is 9.72 Å². The number of halogens is 4. The summed E-state index contributed by atoms with van der Waals surface area (Å²) in [6.45, 7) is 12.7. The maximum absolute atomic E-state index is 15.4. The second-order valence-corrected chi connectivity index (χ2v) is 17.3. The highest BCUT2D eigenvalue weighted by atomic mass is 19.2. The molecule has 0 amide bonds. The average molecular weight is 772 g/mol. The Morgan fingerprint density at radius 1 is 0.414 bits per heavy atom. The lowest BCUT2D eigenvalue weighted by Crippen LogP contribution is -2.61. The fraction of sp³-hybridized carbons (Fsp3) is 0.160. The molecule has 0 unspecified atom stereocenters. The Bertz CT molecular complexity index is 2540. The number of fused-ring (bicyclic) bond motifs is 4. The molecule has 0 saturated heterocycles. The van der Waals surface area contributed by atoms with Crippen LogP contribution < -0.4 is 31.1 Å². The molecule has 9 rings (SSSR count). The molecule has 0 N–H and O–H groups in total. The molecule has 0 aliphatic carbocycles. The van der Waals surface area contributed by atoms with E-state index in [-0.39, 0.29) is 17.5 Å². The van der Waals surface area contributed by atoms with Gasteiger partial charge in [-0.3, -0.25) is 0 Å². The summed E-state index contributed by atoms with van der Waals surface area (Å²) in [5.41, 5.74) is 11.3. The van der Waals surface area contributed by atoms with Gasteiger partial charge in [-0.2, -0.15) is 0 Å². The summed E-state index contributed by atoms with van der Waals surface area (Å²) in [7, 11) is 0. The third kappa shape index (κ3) is 6.22. The maximum atomic E-state index is 15.4. The molecule has 0 saturated carbocycles. The van der Waals surface area contributed by atoms with Crippen LogP contribution in [0.25, 0.3) is 0 Å². The van der Waals surface area contributed by atoms with Crippen LogP contribution in [-0.4, -0.2) is 6.71 Å². The molecule has 8 heteroatoms. The largest absolute Gasteiger partial charge is 0.311 e. The monoisotopic (exact) mass is 771 g/mol. The van der Waals surface area contributed by atoms with E-state index in [9.17, 15) is 8.78 Å². The number of hydrogen-bond acceptors (Lipinski definition) is 3. The quantitative estimate of drug-likeness (QED) is 0.127. The minimum atomic E-state index is -0.962. The van der Waals surface area contributed by atoms with Gasteiger partial charge in [-0.05, 0) is 111 Å². The molecule has 0 aromatic heterocycles. The zero-order valence-corrected chi connectivity index (χ0v) is 33.3.